The number of anilines is 2. The largest absolute Gasteiger partial charge is 0.369 e. The van der Waals surface area contributed by atoms with Gasteiger partial charge in [0.15, 0.2) is 0 Å². The Labute approximate surface area is 107 Å². The summed E-state index contributed by atoms with van der Waals surface area (Å²) in [6.07, 6.45) is 0.945. The van der Waals surface area contributed by atoms with Gasteiger partial charge in [-0.05, 0) is 18.6 Å². The standard InChI is InChI=1S/C12H11BrN4/c13-8-3-1-7(2-4-8)10-9-5-6-15-11(9)17-12(14)16-10/h1-4H,5-6H2,(H3,14,15,16,17). The van der Waals surface area contributed by atoms with Crippen molar-refractivity contribution < 1.29 is 0 Å². The number of nitrogen functional groups attached to an aromatic ring is 1. The van der Waals surface area contributed by atoms with Crippen LogP contribution < -0.4 is 11.1 Å². The summed E-state index contributed by atoms with van der Waals surface area (Å²) >= 11 is 3.43. The molecule has 0 saturated heterocycles. The van der Waals surface area contributed by atoms with Crippen LogP contribution in [0.15, 0.2) is 28.7 Å². The van der Waals surface area contributed by atoms with Gasteiger partial charge in [0.2, 0.25) is 5.95 Å². The lowest BCUT2D eigenvalue weighted by molar-refractivity contribution is 1.09. The lowest BCUT2D eigenvalue weighted by Gasteiger charge is -2.07. The summed E-state index contributed by atoms with van der Waals surface area (Å²) < 4.78 is 1.05. The van der Waals surface area contributed by atoms with Crippen LogP contribution in [-0.4, -0.2) is 16.5 Å². The number of rotatable bonds is 1. The molecule has 1 aromatic heterocycles. The monoisotopic (exact) mass is 290 g/mol. The van der Waals surface area contributed by atoms with Gasteiger partial charge >= 0.3 is 0 Å². The van der Waals surface area contributed by atoms with E-state index in [0.29, 0.717) is 5.95 Å². The molecule has 4 nitrogen and oxygen atoms in total. The van der Waals surface area contributed by atoms with Crippen LogP contribution in [0.25, 0.3) is 11.3 Å². The van der Waals surface area contributed by atoms with Crippen LogP contribution in [0.4, 0.5) is 11.8 Å². The zero-order chi connectivity index (χ0) is 11.8. The molecular weight excluding hydrogens is 280 g/mol. The van der Waals surface area contributed by atoms with Crippen molar-refractivity contribution in [3.63, 3.8) is 0 Å². The first-order chi connectivity index (χ1) is 8.24. The Morgan fingerprint density at radius 1 is 1.18 bits per heavy atom. The number of benzene rings is 1. The van der Waals surface area contributed by atoms with E-state index in [4.69, 9.17) is 5.73 Å². The first-order valence-corrected chi connectivity index (χ1v) is 6.19. The molecule has 1 aliphatic rings. The molecule has 0 atom stereocenters. The van der Waals surface area contributed by atoms with Crippen LogP contribution >= 0.6 is 15.9 Å². The molecule has 0 spiro atoms. The fraction of sp³-hybridized carbons (Fsp3) is 0.167. The first kappa shape index (κ1) is 10.5. The number of nitrogens with two attached hydrogens (primary N) is 1. The molecule has 17 heavy (non-hydrogen) atoms. The fourth-order valence-electron chi connectivity index (χ4n) is 2.04. The normalized spacial score (nSPS) is 13.2. The van der Waals surface area contributed by atoms with Gasteiger partial charge in [0.05, 0.1) is 5.69 Å². The third kappa shape index (κ3) is 1.86. The van der Waals surface area contributed by atoms with Gasteiger partial charge in [-0.3, -0.25) is 0 Å². The predicted molar refractivity (Wildman–Crippen MR) is 71.8 cm³/mol. The summed E-state index contributed by atoms with van der Waals surface area (Å²) in [6, 6.07) is 8.07. The van der Waals surface area contributed by atoms with Gasteiger partial charge in [-0.15, -0.1) is 0 Å². The number of halogens is 1. The second-order valence-corrected chi connectivity index (χ2v) is 4.86. The number of hydrogen-bond acceptors (Lipinski definition) is 4. The first-order valence-electron chi connectivity index (χ1n) is 5.40. The number of nitrogens with one attached hydrogen (secondary N) is 1. The van der Waals surface area contributed by atoms with Gasteiger partial charge in [0.25, 0.3) is 0 Å². The smallest absolute Gasteiger partial charge is 0.222 e. The molecule has 3 N–H and O–H groups in total. The van der Waals surface area contributed by atoms with E-state index in [2.05, 4.69) is 31.2 Å². The van der Waals surface area contributed by atoms with E-state index in [0.717, 1.165) is 40.1 Å². The lowest BCUT2D eigenvalue weighted by Crippen LogP contribution is -2.01. The minimum atomic E-state index is 0.316. The van der Waals surface area contributed by atoms with Gasteiger partial charge < -0.3 is 11.1 Å². The second-order valence-electron chi connectivity index (χ2n) is 3.94. The molecule has 0 bridgehead atoms. The van der Waals surface area contributed by atoms with Crippen LogP contribution in [0, 0.1) is 0 Å². The quantitative estimate of drug-likeness (QED) is 0.847. The Morgan fingerprint density at radius 2 is 1.94 bits per heavy atom. The van der Waals surface area contributed by atoms with E-state index in [1.165, 1.54) is 0 Å². The van der Waals surface area contributed by atoms with Crippen molar-refractivity contribution >= 4 is 27.7 Å². The summed E-state index contributed by atoms with van der Waals surface area (Å²) in [5.74, 6) is 1.19. The van der Waals surface area contributed by atoms with E-state index in [1.54, 1.807) is 0 Å². The highest BCUT2D eigenvalue weighted by Crippen LogP contribution is 2.31. The number of fused-ring (bicyclic) bond motifs is 1. The molecule has 0 saturated carbocycles. The van der Waals surface area contributed by atoms with Crippen molar-refractivity contribution in [3.05, 3.63) is 34.3 Å². The summed E-state index contributed by atoms with van der Waals surface area (Å²) in [4.78, 5) is 8.56. The highest BCUT2D eigenvalue weighted by molar-refractivity contribution is 9.10. The van der Waals surface area contributed by atoms with Gasteiger partial charge in [-0.1, -0.05) is 28.1 Å². The Kier molecular flexibility index (Phi) is 2.48. The zero-order valence-electron chi connectivity index (χ0n) is 9.07. The highest BCUT2D eigenvalue weighted by atomic mass is 79.9. The van der Waals surface area contributed by atoms with Crippen molar-refractivity contribution in [1.29, 1.82) is 0 Å². The molecule has 1 aromatic carbocycles. The molecule has 1 aliphatic heterocycles. The number of hydrogen-bond donors (Lipinski definition) is 2. The van der Waals surface area contributed by atoms with Crippen LogP contribution in [-0.2, 0) is 6.42 Å². The minimum Gasteiger partial charge on any atom is -0.369 e. The van der Waals surface area contributed by atoms with Crippen molar-refractivity contribution in [2.45, 2.75) is 6.42 Å². The third-order valence-corrected chi connectivity index (χ3v) is 3.34. The Balaban J connectivity index is 2.17. The van der Waals surface area contributed by atoms with Gasteiger partial charge in [0, 0.05) is 22.1 Å². The molecule has 0 radical (unpaired) electrons. The van der Waals surface area contributed by atoms with E-state index in [9.17, 15) is 0 Å². The molecule has 0 fully saturated rings. The Morgan fingerprint density at radius 3 is 2.71 bits per heavy atom. The number of nitrogens with zero attached hydrogens (tertiary/aromatic N) is 2. The third-order valence-electron chi connectivity index (χ3n) is 2.81. The van der Waals surface area contributed by atoms with Gasteiger partial charge in [-0.25, -0.2) is 4.98 Å². The summed E-state index contributed by atoms with van der Waals surface area (Å²) in [6.45, 7) is 0.900. The van der Waals surface area contributed by atoms with Crippen molar-refractivity contribution in [2.24, 2.45) is 0 Å². The molecule has 3 rings (SSSR count). The predicted octanol–water partition coefficient (Wildman–Crippen LogP) is 2.46. The van der Waals surface area contributed by atoms with Crippen LogP contribution in [0.2, 0.25) is 0 Å². The molecule has 86 valence electrons. The maximum atomic E-state index is 5.73. The zero-order valence-corrected chi connectivity index (χ0v) is 10.7. The SMILES string of the molecule is Nc1nc2c(c(-c3ccc(Br)cc3)n1)CCN2. The lowest BCUT2D eigenvalue weighted by atomic mass is 10.1. The molecule has 2 aromatic rings. The molecule has 2 heterocycles. The Hall–Kier alpha value is -1.62. The highest BCUT2D eigenvalue weighted by Gasteiger charge is 2.19. The Bertz CT molecular complexity index is 565. The fourth-order valence-corrected chi connectivity index (χ4v) is 2.30. The maximum absolute atomic E-state index is 5.73. The van der Waals surface area contributed by atoms with Crippen LogP contribution in [0.1, 0.15) is 5.56 Å². The van der Waals surface area contributed by atoms with Crippen LogP contribution in [0.5, 0.6) is 0 Å². The van der Waals surface area contributed by atoms with Gasteiger partial charge in [0.1, 0.15) is 5.82 Å². The van der Waals surface area contributed by atoms with Crippen molar-refractivity contribution in [2.75, 3.05) is 17.6 Å². The molecule has 0 unspecified atom stereocenters. The van der Waals surface area contributed by atoms with Gasteiger partial charge in [-0.2, -0.15) is 4.98 Å². The summed E-state index contributed by atoms with van der Waals surface area (Å²) in [5.41, 5.74) is 8.89. The van der Waals surface area contributed by atoms with E-state index < -0.39 is 0 Å². The van der Waals surface area contributed by atoms with Crippen molar-refractivity contribution in [3.8, 4) is 11.3 Å². The molecule has 0 aliphatic carbocycles. The minimum absolute atomic E-state index is 0.316. The van der Waals surface area contributed by atoms with Crippen LogP contribution in [0.3, 0.4) is 0 Å². The van der Waals surface area contributed by atoms with E-state index in [-0.39, 0.29) is 0 Å². The summed E-state index contributed by atoms with van der Waals surface area (Å²) in [5, 5.41) is 3.22. The molecular formula is C12H11BrN4. The molecule has 5 heteroatoms. The van der Waals surface area contributed by atoms with Crippen molar-refractivity contribution in [1.82, 2.24) is 9.97 Å². The number of aromatic nitrogens is 2. The average molecular weight is 291 g/mol. The summed E-state index contributed by atoms with van der Waals surface area (Å²) in [7, 11) is 0. The van der Waals surface area contributed by atoms with E-state index >= 15 is 0 Å². The maximum Gasteiger partial charge on any atom is 0.222 e. The second kappa shape index (κ2) is 4.00. The topological polar surface area (TPSA) is 63.8 Å². The van der Waals surface area contributed by atoms with E-state index in [1.807, 2.05) is 24.3 Å². The average Bonchev–Trinajstić information content (AvgIpc) is 2.77. The molecule has 0 amide bonds.